The van der Waals surface area contributed by atoms with Crippen molar-refractivity contribution in [3.8, 4) is 0 Å². The number of hydrogen-bond donors (Lipinski definition) is 2. The van der Waals surface area contributed by atoms with Crippen LogP contribution in [-0.2, 0) is 0 Å². The zero-order valence-electron chi connectivity index (χ0n) is 10.3. The molecule has 0 saturated heterocycles. The summed E-state index contributed by atoms with van der Waals surface area (Å²) in [6, 6.07) is 13.7. The lowest BCUT2D eigenvalue weighted by molar-refractivity contribution is 0.102. The number of benzene rings is 2. The molecular formula is C14H10N4O2. The van der Waals surface area contributed by atoms with Gasteiger partial charge in [-0.05, 0) is 30.3 Å². The van der Waals surface area contributed by atoms with Crippen molar-refractivity contribution in [2.24, 2.45) is 0 Å². The number of carbonyl (C=O) groups excluding carboxylic acids is 1. The van der Waals surface area contributed by atoms with Crippen molar-refractivity contribution in [3.63, 3.8) is 0 Å². The molecule has 3 rings (SSSR count). The molecule has 0 aliphatic heterocycles. The topological polar surface area (TPSA) is 87.7 Å². The molecule has 3 aromatic rings. The van der Waals surface area contributed by atoms with Gasteiger partial charge in [0.2, 0.25) is 0 Å². The monoisotopic (exact) mass is 266 g/mol. The Bertz CT molecular complexity index is 827. The molecule has 1 amide bonds. The predicted octanol–water partition coefficient (Wildman–Crippen LogP) is 1.57. The quantitative estimate of drug-likeness (QED) is 0.737. The van der Waals surface area contributed by atoms with Gasteiger partial charge >= 0.3 is 0 Å². The molecule has 1 aromatic heterocycles. The van der Waals surface area contributed by atoms with Crippen LogP contribution in [0.3, 0.4) is 0 Å². The highest BCUT2D eigenvalue weighted by Gasteiger charge is 2.07. The third-order valence-corrected chi connectivity index (χ3v) is 2.84. The maximum Gasteiger partial charge on any atom is 0.275 e. The maximum absolute atomic E-state index is 12.0. The predicted molar refractivity (Wildman–Crippen MR) is 74.6 cm³/mol. The van der Waals surface area contributed by atoms with Crippen LogP contribution in [0.4, 0.5) is 5.69 Å². The van der Waals surface area contributed by atoms with Gasteiger partial charge in [-0.1, -0.05) is 23.4 Å². The molecule has 1 heterocycles. The molecule has 0 aliphatic carbocycles. The van der Waals surface area contributed by atoms with E-state index in [1.54, 1.807) is 42.5 Å². The Kier molecular flexibility index (Phi) is 2.96. The van der Waals surface area contributed by atoms with Gasteiger partial charge in [-0.15, -0.1) is 5.10 Å². The number of aromatic nitrogens is 3. The number of hydrogen-bond acceptors (Lipinski definition) is 4. The van der Waals surface area contributed by atoms with Crippen molar-refractivity contribution in [2.75, 3.05) is 5.32 Å². The van der Waals surface area contributed by atoms with Crippen LogP contribution in [0.15, 0.2) is 53.3 Å². The summed E-state index contributed by atoms with van der Waals surface area (Å²) in [6.45, 7) is 0. The van der Waals surface area contributed by atoms with Gasteiger partial charge in [-0.3, -0.25) is 9.59 Å². The summed E-state index contributed by atoms with van der Waals surface area (Å²) in [5, 5.41) is 12.7. The molecule has 2 N–H and O–H groups in total. The molecule has 0 bridgehead atoms. The lowest BCUT2D eigenvalue weighted by Gasteiger charge is -2.05. The Morgan fingerprint density at radius 3 is 2.70 bits per heavy atom. The summed E-state index contributed by atoms with van der Waals surface area (Å²) in [5.41, 5.74) is 1.22. The molecule has 0 radical (unpaired) electrons. The second-order valence-electron chi connectivity index (χ2n) is 4.19. The van der Waals surface area contributed by atoms with Crippen molar-refractivity contribution in [2.45, 2.75) is 0 Å². The second-order valence-corrected chi connectivity index (χ2v) is 4.19. The number of nitrogens with one attached hydrogen (secondary N) is 2. The Balaban J connectivity index is 1.94. The summed E-state index contributed by atoms with van der Waals surface area (Å²) >= 11 is 0. The van der Waals surface area contributed by atoms with E-state index in [1.807, 2.05) is 6.07 Å². The third-order valence-electron chi connectivity index (χ3n) is 2.84. The Labute approximate surface area is 113 Å². The van der Waals surface area contributed by atoms with E-state index in [-0.39, 0.29) is 11.5 Å². The van der Waals surface area contributed by atoms with Gasteiger partial charge in [0.15, 0.2) is 0 Å². The van der Waals surface area contributed by atoms with Gasteiger partial charge in [0.05, 0.1) is 5.39 Å². The van der Waals surface area contributed by atoms with Crippen LogP contribution in [0, 0.1) is 0 Å². The fourth-order valence-electron chi connectivity index (χ4n) is 1.86. The Morgan fingerprint density at radius 1 is 1.10 bits per heavy atom. The third kappa shape index (κ3) is 2.26. The van der Waals surface area contributed by atoms with E-state index < -0.39 is 0 Å². The van der Waals surface area contributed by atoms with Crippen molar-refractivity contribution >= 4 is 22.5 Å². The minimum absolute atomic E-state index is 0.233. The zero-order chi connectivity index (χ0) is 13.9. The fraction of sp³-hybridized carbons (Fsp3) is 0. The minimum atomic E-state index is -0.342. The van der Waals surface area contributed by atoms with Gasteiger partial charge in [0, 0.05) is 11.3 Å². The molecule has 6 heteroatoms. The van der Waals surface area contributed by atoms with E-state index in [9.17, 15) is 9.59 Å². The first-order chi connectivity index (χ1) is 9.74. The first-order valence-electron chi connectivity index (χ1n) is 5.95. The van der Waals surface area contributed by atoms with E-state index in [0.717, 1.165) is 0 Å². The number of nitrogens with zero attached hydrogens (tertiary/aromatic N) is 2. The molecule has 20 heavy (non-hydrogen) atoms. The van der Waals surface area contributed by atoms with Gasteiger partial charge in [0.25, 0.3) is 11.5 Å². The Morgan fingerprint density at radius 2 is 1.90 bits per heavy atom. The van der Waals surface area contributed by atoms with Gasteiger partial charge in [-0.2, -0.15) is 0 Å². The highest BCUT2D eigenvalue weighted by Crippen LogP contribution is 2.14. The summed E-state index contributed by atoms with van der Waals surface area (Å²) in [6.07, 6.45) is 0. The molecule has 0 aliphatic rings. The minimum Gasteiger partial charge on any atom is -0.322 e. The average Bonchev–Trinajstić information content (AvgIpc) is 2.49. The zero-order valence-corrected chi connectivity index (χ0v) is 10.3. The van der Waals surface area contributed by atoms with Gasteiger partial charge in [-0.25, -0.2) is 5.10 Å². The molecule has 0 fully saturated rings. The van der Waals surface area contributed by atoms with Crippen molar-refractivity contribution in [3.05, 3.63) is 64.4 Å². The fourth-order valence-corrected chi connectivity index (χ4v) is 1.86. The van der Waals surface area contributed by atoms with Gasteiger partial charge in [0.1, 0.15) is 5.52 Å². The number of amides is 1. The largest absolute Gasteiger partial charge is 0.322 e. The highest BCUT2D eigenvalue weighted by molar-refractivity contribution is 6.05. The Hall–Kier alpha value is -3.02. The van der Waals surface area contributed by atoms with E-state index in [1.165, 1.54) is 0 Å². The molecule has 0 spiro atoms. The van der Waals surface area contributed by atoms with Crippen LogP contribution in [0.5, 0.6) is 0 Å². The number of H-pyrrole nitrogens is 1. The SMILES string of the molecule is O=C(Nc1ccc2nn[nH]c(=O)c2c1)c1ccccc1. The van der Waals surface area contributed by atoms with E-state index in [2.05, 4.69) is 20.7 Å². The summed E-state index contributed by atoms with van der Waals surface area (Å²) in [4.78, 5) is 23.6. The van der Waals surface area contributed by atoms with E-state index in [0.29, 0.717) is 22.2 Å². The van der Waals surface area contributed by atoms with Crippen LogP contribution in [0.1, 0.15) is 10.4 Å². The average molecular weight is 266 g/mol. The van der Waals surface area contributed by atoms with Crippen LogP contribution < -0.4 is 10.9 Å². The maximum atomic E-state index is 12.0. The molecule has 0 saturated carbocycles. The molecule has 98 valence electrons. The van der Waals surface area contributed by atoms with E-state index in [4.69, 9.17) is 0 Å². The molecular weight excluding hydrogens is 256 g/mol. The molecule has 6 nitrogen and oxygen atoms in total. The van der Waals surface area contributed by atoms with Crippen molar-refractivity contribution < 1.29 is 4.79 Å². The summed E-state index contributed by atoms with van der Waals surface area (Å²) in [5.74, 6) is -0.233. The van der Waals surface area contributed by atoms with Crippen LogP contribution in [-0.4, -0.2) is 21.3 Å². The highest BCUT2D eigenvalue weighted by atomic mass is 16.1. The molecule has 2 aromatic carbocycles. The van der Waals surface area contributed by atoms with Crippen LogP contribution in [0.2, 0.25) is 0 Å². The van der Waals surface area contributed by atoms with Crippen molar-refractivity contribution in [1.29, 1.82) is 0 Å². The van der Waals surface area contributed by atoms with Gasteiger partial charge < -0.3 is 5.32 Å². The van der Waals surface area contributed by atoms with E-state index >= 15 is 0 Å². The second kappa shape index (κ2) is 4.93. The molecule has 0 atom stereocenters. The van der Waals surface area contributed by atoms with Crippen LogP contribution in [0.25, 0.3) is 10.9 Å². The number of rotatable bonds is 2. The number of fused-ring (bicyclic) bond motifs is 1. The number of aromatic amines is 1. The lowest BCUT2D eigenvalue weighted by Crippen LogP contribution is -2.13. The summed E-state index contributed by atoms with van der Waals surface area (Å²) < 4.78 is 0. The normalized spacial score (nSPS) is 10.4. The lowest BCUT2D eigenvalue weighted by atomic mass is 10.2. The van der Waals surface area contributed by atoms with Crippen molar-refractivity contribution in [1.82, 2.24) is 15.4 Å². The molecule has 0 unspecified atom stereocenters. The smallest absolute Gasteiger partial charge is 0.275 e. The summed E-state index contributed by atoms with van der Waals surface area (Å²) in [7, 11) is 0. The number of carbonyl (C=O) groups is 1. The first kappa shape index (κ1) is 12.0. The first-order valence-corrected chi connectivity index (χ1v) is 5.95. The standard InChI is InChI=1S/C14H10N4O2/c19-13(9-4-2-1-3-5-9)15-10-6-7-12-11(8-10)14(20)17-18-16-12/h1-8H,(H,15,19)(H,16,17,20). The number of anilines is 1. The van der Waals surface area contributed by atoms with Crippen LogP contribution >= 0.6 is 0 Å².